The Balaban J connectivity index is 1.85. The fourth-order valence-corrected chi connectivity index (χ4v) is 6.20. The number of benzene rings is 1. The van der Waals surface area contributed by atoms with E-state index in [4.69, 9.17) is 26.6 Å². The van der Waals surface area contributed by atoms with Gasteiger partial charge < -0.3 is 9.80 Å². The van der Waals surface area contributed by atoms with Crippen LogP contribution >= 0.6 is 11.6 Å². The summed E-state index contributed by atoms with van der Waals surface area (Å²) in [7, 11) is 4.10. The lowest BCUT2D eigenvalue weighted by Gasteiger charge is -2.40. The molecule has 4 heterocycles. The predicted octanol–water partition coefficient (Wildman–Crippen LogP) is 3.97. The van der Waals surface area contributed by atoms with Gasteiger partial charge in [0.05, 0.1) is 27.5 Å². The van der Waals surface area contributed by atoms with Gasteiger partial charge in [0, 0.05) is 37.4 Å². The van der Waals surface area contributed by atoms with E-state index < -0.39 is 5.69 Å². The Labute approximate surface area is 265 Å². The molecule has 1 saturated heterocycles. The normalized spacial score (nSPS) is 15.1. The maximum absolute atomic E-state index is 14.2. The highest BCUT2D eigenvalue weighted by Crippen LogP contribution is 2.37. The SMILES string of the molecule is BC(B)=Cc1ccccc1-c1nc2c(cc1Cl)c(N1CCN(C(=O)C=C)C[C@@H]1C)nc(=O)n2-c1c(CC)ccnc1C(C)C. The molecule has 0 radical (unpaired) electrons. The van der Waals surface area contributed by atoms with Crippen molar-refractivity contribution in [1.29, 1.82) is 0 Å². The third-order valence-electron chi connectivity index (χ3n) is 8.03. The molecule has 1 aromatic carbocycles. The molecular weight excluding hydrogens is 569 g/mol. The molecule has 8 nitrogen and oxygen atoms in total. The first-order valence-electron chi connectivity index (χ1n) is 15.1. The second kappa shape index (κ2) is 12.8. The van der Waals surface area contributed by atoms with Gasteiger partial charge in [0.1, 0.15) is 21.5 Å². The van der Waals surface area contributed by atoms with Gasteiger partial charge in [-0.2, -0.15) is 4.98 Å². The van der Waals surface area contributed by atoms with E-state index in [2.05, 4.69) is 38.3 Å². The van der Waals surface area contributed by atoms with Crippen molar-refractivity contribution in [2.45, 2.75) is 46.1 Å². The first-order chi connectivity index (χ1) is 21.0. The molecule has 224 valence electrons. The van der Waals surface area contributed by atoms with Gasteiger partial charge in [-0.1, -0.05) is 69.3 Å². The smallest absolute Gasteiger partial charge is 0.350 e. The average Bonchev–Trinajstić information content (AvgIpc) is 3.00. The number of fused-ring (bicyclic) bond motifs is 1. The van der Waals surface area contributed by atoms with Crippen LogP contribution in [0.4, 0.5) is 5.82 Å². The number of hydrogen-bond acceptors (Lipinski definition) is 6. The van der Waals surface area contributed by atoms with Crippen molar-refractivity contribution < 1.29 is 4.79 Å². The van der Waals surface area contributed by atoms with Crippen LogP contribution < -0.4 is 10.6 Å². The van der Waals surface area contributed by atoms with Crippen LogP contribution in [0.1, 0.15) is 50.4 Å². The maximum Gasteiger partial charge on any atom is 0.355 e. The van der Waals surface area contributed by atoms with Crippen LogP contribution in [0, 0.1) is 0 Å². The van der Waals surface area contributed by atoms with Crippen molar-refractivity contribution in [3.63, 3.8) is 0 Å². The van der Waals surface area contributed by atoms with Gasteiger partial charge in [-0.05, 0) is 48.6 Å². The number of rotatable bonds is 7. The monoisotopic (exact) mass is 606 g/mol. The van der Waals surface area contributed by atoms with E-state index in [1.54, 1.807) is 15.7 Å². The summed E-state index contributed by atoms with van der Waals surface area (Å²) >= 11 is 7.06. The highest BCUT2D eigenvalue weighted by Gasteiger charge is 2.30. The summed E-state index contributed by atoms with van der Waals surface area (Å²) in [6.45, 7) is 13.3. The lowest BCUT2D eigenvalue weighted by atomic mass is 9.77. The minimum absolute atomic E-state index is 0.0544. The third kappa shape index (κ3) is 5.83. The van der Waals surface area contributed by atoms with E-state index in [-0.39, 0.29) is 17.9 Å². The van der Waals surface area contributed by atoms with Crippen LogP contribution in [0.3, 0.4) is 0 Å². The molecule has 0 bridgehead atoms. The summed E-state index contributed by atoms with van der Waals surface area (Å²) in [5.74, 6) is 0.448. The quantitative estimate of drug-likeness (QED) is 0.234. The molecule has 1 amide bonds. The van der Waals surface area contributed by atoms with Crippen LogP contribution in [-0.2, 0) is 11.2 Å². The maximum atomic E-state index is 14.2. The molecule has 0 spiro atoms. The number of carbonyl (C=O) groups is 1. The molecular formula is C33H37B2ClN6O2. The Morgan fingerprint density at radius 3 is 2.59 bits per heavy atom. The van der Waals surface area contributed by atoms with E-state index in [0.29, 0.717) is 59.3 Å². The largest absolute Gasteiger partial charge is 0.355 e. The van der Waals surface area contributed by atoms with Crippen molar-refractivity contribution in [2.75, 3.05) is 24.5 Å². The minimum Gasteiger partial charge on any atom is -0.350 e. The summed E-state index contributed by atoms with van der Waals surface area (Å²) in [4.78, 5) is 45.0. The number of piperazine rings is 1. The van der Waals surface area contributed by atoms with Crippen LogP contribution in [0.25, 0.3) is 34.1 Å². The lowest BCUT2D eigenvalue weighted by molar-refractivity contribution is -0.126. The number of nitrogens with zero attached hydrogens (tertiary/aromatic N) is 6. The topological polar surface area (TPSA) is 84.2 Å². The first-order valence-corrected chi connectivity index (χ1v) is 15.5. The van der Waals surface area contributed by atoms with Gasteiger partial charge in [-0.15, -0.1) is 5.37 Å². The summed E-state index contributed by atoms with van der Waals surface area (Å²) in [6, 6.07) is 11.7. The van der Waals surface area contributed by atoms with Gasteiger partial charge in [0.25, 0.3) is 0 Å². The Bertz CT molecular complexity index is 1850. The van der Waals surface area contributed by atoms with Crippen molar-refractivity contribution >= 4 is 56.1 Å². The Morgan fingerprint density at radius 1 is 1.18 bits per heavy atom. The summed E-state index contributed by atoms with van der Waals surface area (Å²) in [5.41, 5.74) is 4.96. The van der Waals surface area contributed by atoms with Crippen molar-refractivity contribution in [2.24, 2.45) is 0 Å². The molecule has 0 unspecified atom stereocenters. The standard InChI is InChI=1S/C33H37B2ClN6O2/c1-6-21-12-13-37-28(19(3)4)30(21)42-32-24(17-25(36)29(38-32)23-11-9-8-10-22(23)16-26(34)35)31(39-33(42)44)41-15-14-40(18-20(41)5)27(43)7-2/h7-13,16-17,19-20H,2,6,14-15,18,34-35H2,1,3-5H3/t20-/m0/s1. The van der Waals surface area contributed by atoms with Gasteiger partial charge in [-0.25, -0.2) is 14.3 Å². The number of carbonyl (C=O) groups excluding carboxylic acids is 1. The minimum atomic E-state index is -0.438. The van der Waals surface area contributed by atoms with Crippen LogP contribution in [-0.4, -0.2) is 71.7 Å². The Hall–Kier alpha value is -4.17. The van der Waals surface area contributed by atoms with Crippen LogP contribution in [0.5, 0.6) is 0 Å². The Morgan fingerprint density at radius 2 is 1.93 bits per heavy atom. The molecule has 0 saturated carbocycles. The highest BCUT2D eigenvalue weighted by molar-refractivity contribution is 6.50. The van der Waals surface area contributed by atoms with Gasteiger partial charge >= 0.3 is 5.69 Å². The molecule has 0 N–H and O–H groups in total. The van der Waals surface area contributed by atoms with Crippen LogP contribution in [0.2, 0.25) is 5.02 Å². The van der Waals surface area contributed by atoms with Crippen molar-refractivity contribution in [3.8, 4) is 16.9 Å². The average molecular weight is 607 g/mol. The third-order valence-corrected chi connectivity index (χ3v) is 8.32. The van der Waals surface area contributed by atoms with E-state index in [0.717, 1.165) is 27.8 Å². The zero-order valence-corrected chi connectivity index (χ0v) is 27.0. The number of anilines is 1. The number of halogens is 1. The molecule has 0 aliphatic carbocycles. The number of amides is 1. The summed E-state index contributed by atoms with van der Waals surface area (Å²) in [6.07, 6.45) is 5.93. The van der Waals surface area contributed by atoms with E-state index in [1.807, 2.05) is 59.0 Å². The predicted molar refractivity (Wildman–Crippen MR) is 185 cm³/mol. The zero-order valence-electron chi connectivity index (χ0n) is 26.3. The van der Waals surface area contributed by atoms with E-state index >= 15 is 0 Å². The fraction of sp³-hybridized carbons (Fsp3) is 0.303. The van der Waals surface area contributed by atoms with Crippen molar-refractivity contribution in [1.82, 2.24) is 24.4 Å². The van der Waals surface area contributed by atoms with E-state index in [1.165, 1.54) is 6.08 Å². The second-order valence-corrected chi connectivity index (χ2v) is 12.2. The lowest BCUT2D eigenvalue weighted by Crippen LogP contribution is -2.54. The highest BCUT2D eigenvalue weighted by atomic mass is 35.5. The molecule has 1 aliphatic heterocycles. The molecule has 4 aromatic rings. The zero-order chi connectivity index (χ0) is 31.7. The number of pyridine rings is 2. The van der Waals surface area contributed by atoms with Gasteiger partial charge in [-0.3, -0.25) is 9.78 Å². The van der Waals surface area contributed by atoms with Crippen molar-refractivity contribution in [3.05, 3.63) is 92.9 Å². The van der Waals surface area contributed by atoms with Gasteiger partial charge in [0.15, 0.2) is 5.65 Å². The number of aryl methyl sites for hydroxylation is 1. The van der Waals surface area contributed by atoms with Gasteiger partial charge in [0.2, 0.25) is 5.91 Å². The number of hydrogen-bond donors (Lipinski definition) is 0. The second-order valence-electron chi connectivity index (χ2n) is 11.8. The Kier molecular flexibility index (Phi) is 9.11. The molecule has 1 atom stereocenters. The summed E-state index contributed by atoms with van der Waals surface area (Å²) in [5, 5.41) is 2.26. The molecule has 1 aliphatic rings. The fourth-order valence-electron chi connectivity index (χ4n) is 5.94. The molecule has 3 aromatic heterocycles. The molecule has 1 fully saturated rings. The molecule has 5 rings (SSSR count). The molecule has 44 heavy (non-hydrogen) atoms. The molecule has 11 heteroatoms. The first kappa shape index (κ1) is 31.3. The van der Waals surface area contributed by atoms with Crippen LogP contribution in [0.15, 0.2) is 65.4 Å². The number of aromatic nitrogens is 4. The summed E-state index contributed by atoms with van der Waals surface area (Å²) < 4.78 is 1.62. The van der Waals surface area contributed by atoms with E-state index in [9.17, 15) is 9.59 Å².